The smallest absolute Gasteiger partial charge is 0.229 e. The van der Waals surface area contributed by atoms with Gasteiger partial charge in [-0.1, -0.05) is 28.1 Å². The zero-order chi connectivity index (χ0) is 19.0. The average molecular weight is 415 g/mol. The Kier molecular flexibility index (Phi) is 5.19. The molecule has 5 heteroatoms. The molecule has 0 bridgehead atoms. The lowest BCUT2D eigenvalue weighted by Gasteiger charge is -2.20. The number of nitrogens with one attached hydrogen (secondary N) is 1. The highest BCUT2D eigenvalue weighted by atomic mass is 79.9. The van der Waals surface area contributed by atoms with Crippen molar-refractivity contribution in [2.45, 2.75) is 34.1 Å². The predicted octanol–water partition coefficient (Wildman–Crippen LogP) is 4.67. The molecule has 4 nitrogen and oxygen atoms in total. The molecule has 2 aromatic carbocycles. The van der Waals surface area contributed by atoms with E-state index >= 15 is 0 Å². The van der Waals surface area contributed by atoms with Gasteiger partial charge in [0, 0.05) is 28.8 Å². The Balaban J connectivity index is 1.77. The van der Waals surface area contributed by atoms with Crippen molar-refractivity contribution in [3.8, 4) is 0 Å². The van der Waals surface area contributed by atoms with E-state index < -0.39 is 0 Å². The van der Waals surface area contributed by atoms with E-state index in [1.807, 2.05) is 58.0 Å². The number of carbonyl (C=O) groups excluding carboxylic acids is 2. The zero-order valence-corrected chi connectivity index (χ0v) is 17.1. The third-order valence-electron chi connectivity index (χ3n) is 4.91. The van der Waals surface area contributed by atoms with E-state index in [0.29, 0.717) is 6.54 Å². The number of benzene rings is 2. The highest BCUT2D eigenvalue weighted by Crippen LogP contribution is 2.30. The molecule has 1 atom stereocenters. The average Bonchev–Trinajstić information content (AvgIpc) is 2.96. The number of anilines is 2. The number of rotatable bonds is 3. The van der Waals surface area contributed by atoms with Gasteiger partial charge in [0.2, 0.25) is 11.8 Å². The highest BCUT2D eigenvalue weighted by Gasteiger charge is 2.35. The Bertz CT molecular complexity index is 892. The topological polar surface area (TPSA) is 49.4 Å². The molecule has 136 valence electrons. The summed E-state index contributed by atoms with van der Waals surface area (Å²) in [6, 6.07) is 10.0. The van der Waals surface area contributed by atoms with Crippen molar-refractivity contribution in [2.75, 3.05) is 16.8 Å². The fourth-order valence-electron chi connectivity index (χ4n) is 3.28. The SMILES string of the molecule is Cc1ccc(C)c(N2C[C@@H](C(=O)Nc3cc(C)c(Br)cc3C)CC2=O)c1. The van der Waals surface area contributed by atoms with Gasteiger partial charge in [-0.05, 0) is 68.1 Å². The molecular formula is C21H23BrN2O2. The van der Waals surface area contributed by atoms with E-state index in [-0.39, 0.29) is 24.2 Å². The Labute approximate surface area is 162 Å². The lowest BCUT2D eigenvalue weighted by Crippen LogP contribution is -2.28. The summed E-state index contributed by atoms with van der Waals surface area (Å²) in [5.41, 5.74) is 5.91. The van der Waals surface area contributed by atoms with E-state index in [1.54, 1.807) is 4.90 Å². The maximum absolute atomic E-state index is 12.7. The van der Waals surface area contributed by atoms with Crippen molar-refractivity contribution in [1.82, 2.24) is 0 Å². The molecule has 0 aromatic heterocycles. The van der Waals surface area contributed by atoms with Gasteiger partial charge >= 0.3 is 0 Å². The van der Waals surface area contributed by atoms with Gasteiger partial charge in [0.05, 0.1) is 5.92 Å². The number of amides is 2. The largest absolute Gasteiger partial charge is 0.326 e. The van der Waals surface area contributed by atoms with Gasteiger partial charge < -0.3 is 10.2 Å². The van der Waals surface area contributed by atoms with Crippen LogP contribution in [0.1, 0.15) is 28.7 Å². The number of nitrogens with zero attached hydrogens (tertiary/aromatic N) is 1. The lowest BCUT2D eigenvalue weighted by molar-refractivity contribution is -0.122. The van der Waals surface area contributed by atoms with Gasteiger partial charge in [-0.15, -0.1) is 0 Å². The lowest BCUT2D eigenvalue weighted by atomic mass is 10.1. The molecule has 1 saturated heterocycles. The van der Waals surface area contributed by atoms with Crippen molar-refractivity contribution in [1.29, 1.82) is 0 Å². The molecule has 3 rings (SSSR count). The maximum Gasteiger partial charge on any atom is 0.229 e. The van der Waals surface area contributed by atoms with Crippen molar-refractivity contribution in [2.24, 2.45) is 5.92 Å². The van der Waals surface area contributed by atoms with Crippen molar-refractivity contribution < 1.29 is 9.59 Å². The summed E-state index contributed by atoms with van der Waals surface area (Å²) in [6.07, 6.45) is 0.244. The van der Waals surface area contributed by atoms with E-state index in [2.05, 4.69) is 21.2 Å². The van der Waals surface area contributed by atoms with Crippen molar-refractivity contribution >= 4 is 39.1 Å². The van der Waals surface area contributed by atoms with Gasteiger partial charge in [-0.2, -0.15) is 0 Å². The van der Waals surface area contributed by atoms with Crippen LogP contribution >= 0.6 is 15.9 Å². The quantitative estimate of drug-likeness (QED) is 0.792. The summed E-state index contributed by atoms with van der Waals surface area (Å²) in [6.45, 7) is 8.36. The van der Waals surface area contributed by atoms with Gasteiger partial charge in [0.15, 0.2) is 0 Å². The molecule has 1 heterocycles. The second-order valence-electron chi connectivity index (χ2n) is 7.10. The Morgan fingerprint density at radius 2 is 1.81 bits per heavy atom. The van der Waals surface area contributed by atoms with Crippen LogP contribution in [-0.4, -0.2) is 18.4 Å². The van der Waals surface area contributed by atoms with E-state index in [4.69, 9.17) is 0 Å². The Hall–Kier alpha value is -2.14. The van der Waals surface area contributed by atoms with Crippen LogP contribution < -0.4 is 10.2 Å². The minimum atomic E-state index is -0.342. The second-order valence-corrected chi connectivity index (χ2v) is 7.96. The summed E-state index contributed by atoms with van der Waals surface area (Å²) < 4.78 is 1.02. The molecule has 1 aliphatic heterocycles. The van der Waals surface area contributed by atoms with Gasteiger partial charge in [-0.25, -0.2) is 0 Å². The maximum atomic E-state index is 12.7. The third kappa shape index (κ3) is 3.68. The summed E-state index contributed by atoms with van der Waals surface area (Å²) in [5.74, 6) is -0.440. The molecule has 2 aromatic rings. The normalized spacial score (nSPS) is 16.9. The van der Waals surface area contributed by atoms with Gasteiger partial charge in [0.25, 0.3) is 0 Å². The molecule has 26 heavy (non-hydrogen) atoms. The monoisotopic (exact) mass is 414 g/mol. The zero-order valence-electron chi connectivity index (χ0n) is 15.5. The Morgan fingerprint density at radius 1 is 1.08 bits per heavy atom. The fraction of sp³-hybridized carbons (Fsp3) is 0.333. The molecular weight excluding hydrogens is 392 g/mol. The number of hydrogen-bond donors (Lipinski definition) is 1. The van der Waals surface area contributed by atoms with E-state index in [0.717, 1.165) is 38.1 Å². The van der Waals surface area contributed by atoms with Crippen LogP contribution in [0.2, 0.25) is 0 Å². The predicted molar refractivity (Wildman–Crippen MR) is 109 cm³/mol. The first-order chi connectivity index (χ1) is 12.3. The molecule has 0 saturated carbocycles. The number of carbonyl (C=O) groups is 2. The summed E-state index contributed by atoms with van der Waals surface area (Å²) >= 11 is 3.50. The Morgan fingerprint density at radius 3 is 2.54 bits per heavy atom. The summed E-state index contributed by atoms with van der Waals surface area (Å²) in [5, 5.41) is 3.00. The standard InChI is InChI=1S/C21H23BrN2O2/c1-12-5-6-13(2)19(7-12)24-11-16(10-20(24)25)21(26)23-18-9-14(3)17(22)8-15(18)4/h5-9,16H,10-11H2,1-4H3,(H,23,26)/t16-/m0/s1. The molecule has 0 spiro atoms. The minimum Gasteiger partial charge on any atom is -0.326 e. The van der Waals surface area contributed by atoms with Gasteiger partial charge in [-0.3, -0.25) is 9.59 Å². The third-order valence-corrected chi connectivity index (χ3v) is 5.77. The first-order valence-corrected chi connectivity index (χ1v) is 9.51. The molecule has 1 N–H and O–H groups in total. The van der Waals surface area contributed by atoms with Crippen LogP contribution in [0.25, 0.3) is 0 Å². The molecule has 0 radical (unpaired) electrons. The minimum absolute atomic E-state index is 0.00237. The van der Waals surface area contributed by atoms with Crippen molar-refractivity contribution in [3.05, 3.63) is 57.1 Å². The van der Waals surface area contributed by atoms with E-state index in [9.17, 15) is 9.59 Å². The number of aryl methyl sites for hydroxylation is 4. The van der Waals surface area contributed by atoms with Crippen LogP contribution in [0, 0.1) is 33.6 Å². The van der Waals surface area contributed by atoms with Crippen LogP contribution in [0.3, 0.4) is 0 Å². The molecule has 0 aliphatic carbocycles. The van der Waals surface area contributed by atoms with E-state index in [1.165, 1.54) is 0 Å². The van der Waals surface area contributed by atoms with Crippen LogP contribution in [0.15, 0.2) is 34.8 Å². The first-order valence-electron chi connectivity index (χ1n) is 8.71. The summed E-state index contributed by atoms with van der Waals surface area (Å²) in [7, 11) is 0. The first kappa shape index (κ1) is 18.6. The molecule has 2 amide bonds. The van der Waals surface area contributed by atoms with Crippen LogP contribution in [0.5, 0.6) is 0 Å². The second kappa shape index (κ2) is 7.23. The van der Waals surface area contributed by atoms with Crippen molar-refractivity contribution in [3.63, 3.8) is 0 Å². The fourth-order valence-corrected chi connectivity index (χ4v) is 3.73. The molecule has 0 unspecified atom stereocenters. The number of hydrogen-bond acceptors (Lipinski definition) is 2. The number of halogens is 1. The molecule has 1 aliphatic rings. The van der Waals surface area contributed by atoms with Crippen LogP contribution in [-0.2, 0) is 9.59 Å². The summed E-state index contributed by atoms with van der Waals surface area (Å²) in [4.78, 5) is 27.0. The highest BCUT2D eigenvalue weighted by molar-refractivity contribution is 9.10. The van der Waals surface area contributed by atoms with Gasteiger partial charge in [0.1, 0.15) is 0 Å². The van der Waals surface area contributed by atoms with Crippen LogP contribution in [0.4, 0.5) is 11.4 Å². The molecule has 1 fully saturated rings.